The number of carbonyl (C=O) groups excluding carboxylic acids is 1. The summed E-state index contributed by atoms with van der Waals surface area (Å²) in [5.41, 5.74) is 0.981. The van der Waals surface area contributed by atoms with Gasteiger partial charge >= 0.3 is 0 Å². The summed E-state index contributed by atoms with van der Waals surface area (Å²) >= 11 is 0. The van der Waals surface area contributed by atoms with Crippen LogP contribution in [0.4, 0.5) is 0 Å². The highest BCUT2D eigenvalue weighted by Gasteiger charge is 2.22. The lowest BCUT2D eigenvalue weighted by molar-refractivity contribution is -0.120. The third-order valence-electron chi connectivity index (χ3n) is 2.45. The van der Waals surface area contributed by atoms with Gasteiger partial charge in [0.15, 0.2) is 0 Å². The van der Waals surface area contributed by atoms with Crippen molar-refractivity contribution in [2.45, 2.75) is 12.5 Å². The van der Waals surface area contributed by atoms with E-state index in [0.717, 1.165) is 17.9 Å². The van der Waals surface area contributed by atoms with Crippen molar-refractivity contribution in [1.29, 1.82) is 0 Å². The summed E-state index contributed by atoms with van der Waals surface area (Å²) < 4.78 is 10.1. The molecule has 0 aromatic heterocycles. The smallest absolute Gasteiger partial charge is 0.224 e. The highest BCUT2D eigenvalue weighted by atomic mass is 16.6. The van der Waals surface area contributed by atoms with Crippen molar-refractivity contribution in [3.05, 3.63) is 29.8 Å². The predicted octanol–water partition coefficient (Wildman–Crippen LogP) is 0.753. The van der Waals surface area contributed by atoms with Crippen LogP contribution in [-0.4, -0.2) is 32.3 Å². The Morgan fingerprint density at radius 2 is 2.19 bits per heavy atom. The van der Waals surface area contributed by atoms with Crippen molar-refractivity contribution in [2.75, 3.05) is 20.3 Å². The summed E-state index contributed by atoms with van der Waals surface area (Å²) in [6.07, 6.45) is 0.635. The number of hydrogen-bond donors (Lipinski definition) is 1. The molecule has 1 amide bonds. The van der Waals surface area contributed by atoms with Crippen LogP contribution in [0.5, 0.6) is 5.75 Å². The number of methoxy groups -OCH3 is 1. The molecule has 1 atom stereocenters. The number of ether oxygens (including phenoxy) is 2. The van der Waals surface area contributed by atoms with Crippen LogP contribution in [0.15, 0.2) is 24.3 Å². The molecule has 16 heavy (non-hydrogen) atoms. The lowest BCUT2D eigenvalue weighted by Gasteiger charge is -2.04. The van der Waals surface area contributed by atoms with Crippen molar-refractivity contribution in [3.63, 3.8) is 0 Å². The fraction of sp³-hybridized carbons (Fsp3) is 0.417. The standard InChI is InChI=1S/C12H15NO3/c1-15-10-4-2-9(3-5-10)6-12(14)13-7-11-8-16-11/h2-5,11H,6-8H2,1H3,(H,13,14). The van der Waals surface area contributed by atoms with Crippen LogP contribution < -0.4 is 10.1 Å². The highest BCUT2D eigenvalue weighted by Crippen LogP contribution is 2.11. The minimum Gasteiger partial charge on any atom is -0.497 e. The van der Waals surface area contributed by atoms with Gasteiger partial charge in [0, 0.05) is 6.54 Å². The second-order valence-corrected chi connectivity index (χ2v) is 3.78. The predicted molar refractivity (Wildman–Crippen MR) is 59.4 cm³/mol. The minimum atomic E-state index is 0.0284. The Hall–Kier alpha value is -1.55. The minimum absolute atomic E-state index is 0.0284. The topological polar surface area (TPSA) is 50.9 Å². The Labute approximate surface area is 94.6 Å². The largest absolute Gasteiger partial charge is 0.497 e. The molecule has 4 nitrogen and oxygen atoms in total. The maximum Gasteiger partial charge on any atom is 0.224 e. The van der Waals surface area contributed by atoms with E-state index in [1.54, 1.807) is 7.11 Å². The van der Waals surface area contributed by atoms with E-state index in [0.29, 0.717) is 13.0 Å². The number of epoxide rings is 1. The Morgan fingerprint density at radius 3 is 2.75 bits per heavy atom. The molecule has 1 aliphatic heterocycles. The van der Waals surface area contributed by atoms with Crippen molar-refractivity contribution in [2.24, 2.45) is 0 Å². The zero-order valence-electron chi connectivity index (χ0n) is 9.23. The summed E-state index contributed by atoms with van der Waals surface area (Å²) in [5.74, 6) is 0.830. The molecule has 2 rings (SSSR count). The third kappa shape index (κ3) is 3.24. The summed E-state index contributed by atoms with van der Waals surface area (Å²) in [4.78, 5) is 11.5. The average molecular weight is 221 g/mol. The van der Waals surface area contributed by atoms with Crippen LogP contribution >= 0.6 is 0 Å². The van der Waals surface area contributed by atoms with Crippen LogP contribution in [0, 0.1) is 0 Å². The molecule has 1 fully saturated rings. The number of hydrogen-bond acceptors (Lipinski definition) is 3. The third-order valence-corrected chi connectivity index (χ3v) is 2.45. The van der Waals surface area contributed by atoms with Gasteiger partial charge in [0.2, 0.25) is 5.91 Å². The second-order valence-electron chi connectivity index (χ2n) is 3.78. The van der Waals surface area contributed by atoms with E-state index < -0.39 is 0 Å². The molecule has 1 aliphatic rings. The Kier molecular flexibility index (Phi) is 3.41. The van der Waals surface area contributed by atoms with Crippen molar-refractivity contribution >= 4 is 5.91 Å². The fourth-order valence-corrected chi connectivity index (χ4v) is 1.40. The van der Waals surface area contributed by atoms with Gasteiger partial charge in [0.25, 0.3) is 0 Å². The summed E-state index contributed by atoms with van der Waals surface area (Å²) in [5, 5.41) is 2.83. The van der Waals surface area contributed by atoms with Crippen LogP contribution in [0.25, 0.3) is 0 Å². The van der Waals surface area contributed by atoms with Gasteiger partial charge in [0.05, 0.1) is 26.2 Å². The van der Waals surface area contributed by atoms with Gasteiger partial charge in [-0.15, -0.1) is 0 Å². The van der Waals surface area contributed by atoms with Gasteiger partial charge in [-0.3, -0.25) is 4.79 Å². The molecule has 1 heterocycles. The van der Waals surface area contributed by atoms with Crippen LogP contribution in [0.1, 0.15) is 5.56 Å². The van der Waals surface area contributed by atoms with Crippen molar-refractivity contribution in [1.82, 2.24) is 5.32 Å². The van der Waals surface area contributed by atoms with Crippen LogP contribution in [-0.2, 0) is 16.0 Å². The van der Waals surface area contributed by atoms with Crippen molar-refractivity contribution in [3.8, 4) is 5.75 Å². The molecular formula is C12H15NO3. The molecule has 0 bridgehead atoms. The number of rotatable bonds is 5. The van der Waals surface area contributed by atoms with Gasteiger partial charge in [-0.2, -0.15) is 0 Å². The summed E-state index contributed by atoms with van der Waals surface area (Å²) in [6, 6.07) is 7.50. The quantitative estimate of drug-likeness (QED) is 0.746. The number of nitrogens with one attached hydrogen (secondary N) is 1. The molecule has 0 radical (unpaired) electrons. The van der Waals surface area contributed by atoms with E-state index in [1.807, 2.05) is 24.3 Å². The maximum atomic E-state index is 11.5. The zero-order chi connectivity index (χ0) is 11.4. The van der Waals surface area contributed by atoms with Gasteiger partial charge in [0.1, 0.15) is 5.75 Å². The zero-order valence-corrected chi connectivity index (χ0v) is 9.23. The Morgan fingerprint density at radius 1 is 1.50 bits per heavy atom. The molecular weight excluding hydrogens is 206 g/mol. The van der Waals surface area contributed by atoms with Crippen molar-refractivity contribution < 1.29 is 14.3 Å². The number of amides is 1. The lowest BCUT2D eigenvalue weighted by Crippen LogP contribution is -2.28. The molecule has 0 aliphatic carbocycles. The Balaban J connectivity index is 1.79. The van der Waals surface area contributed by atoms with E-state index in [1.165, 1.54) is 0 Å². The summed E-state index contributed by atoms with van der Waals surface area (Å²) in [7, 11) is 1.62. The SMILES string of the molecule is COc1ccc(CC(=O)NCC2CO2)cc1. The fourth-order valence-electron chi connectivity index (χ4n) is 1.40. The molecule has 86 valence electrons. The molecule has 1 N–H and O–H groups in total. The average Bonchev–Trinajstić information content (AvgIpc) is 3.11. The van der Waals surface area contributed by atoms with Gasteiger partial charge in [-0.25, -0.2) is 0 Å². The van der Waals surface area contributed by atoms with E-state index in [4.69, 9.17) is 9.47 Å². The van der Waals surface area contributed by atoms with E-state index in [2.05, 4.69) is 5.32 Å². The first-order valence-corrected chi connectivity index (χ1v) is 5.29. The lowest BCUT2D eigenvalue weighted by atomic mass is 10.1. The van der Waals surface area contributed by atoms with Gasteiger partial charge < -0.3 is 14.8 Å². The van der Waals surface area contributed by atoms with E-state index in [-0.39, 0.29) is 12.0 Å². The van der Waals surface area contributed by atoms with Crippen LogP contribution in [0.3, 0.4) is 0 Å². The first-order valence-electron chi connectivity index (χ1n) is 5.29. The normalized spacial score (nSPS) is 17.9. The van der Waals surface area contributed by atoms with E-state index in [9.17, 15) is 4.79 Å². The van der Waals surface area contributed by atoms with Gasteiger partial charge in [-0.05, 0) is 17.7 Å². The molecule has 1 saturated heterocycles. The molecule has 0 spiro atoms. The number of benzene rings is 1. The van der Waals surface area contributed by atoms with E-state index >= 15 is 0 Å². The molecule has 1 aromatic carbocycles. The molecule has 4 heteroatoms. The Bertz CT molecular complexity index is 357. The second kappa shape index (κ2) is 4.99. The summed E-state index contributed by atoms with van der Waals surface area (Å²) in [6.45, 7) is 1.39. The number of carbonyl (C=O) groups is 1. The maximum absolute atomic E-state index is 11.5. The van der Waals surface area contributed by atoms with Crippen LogP contribution in [0.2, 0.25) is 0 Å². The molecule has 0 saturated carbocycles. The monoisotopic (exact) mass is 221 g/mol. The first kappa shape index (κ1) is 11.0. The molecule has 1 unspecified atom stereocenters. The molecule has 1 aromatic rings. The van der Waals surface area contributed by atoms with Gasteiger partial charge in [-0.1, -0.05) is 12.1 Å². The first-order chi connectivity index (χ1) is 7.78. The highest BCUT2D eigenvalue weighted by molar-refractivity contribution is 5.78.